The monoisotopic (exact) mass is 252 g/mol. The maximum absolute atomic E-state index is 12.2. The van der Waals surface area contributed by atoms with Crippen LogP contribution in [0.1, 0.15) is 39.0 Å². The molecule has 92 valence electrons. The van der Waals surface area contributed by atoms with Crippen molar-refractivity contribution in [2.75, 3.05) is 5.32 Å². The largest absolute Gasteiger partial charge is 0.323 e. The van der Waals surface area contributed by atoms with Gasteiger partial charge in [0.2, 0.25) is 5.91 Å². The quantitative estimate of drug-likeness (QED) is 0.817. The first-order valence-corrected chi connectivity index (χ1v) is 6.42. The molecular formula is C13H17ClN2O. The maximum Gasteiger partial charge on any atom is 0.230 e. The fourth-order valence-corrected chi connectivity index (χ4v) is 2.48. The number of amides is 1. The number of hydrogen-bond donors (Lipinski definition) is 1. The van der Waals surface area contributed by atoms with E-state index >= 15 is 0 Å². The summed E-state index contributed by atoms with van der Waals surface area (Å²) in [5.41, 5.74) is 0.350. The molecule has 1 saturated carbocycles. The topological polar surface area (TPSA) is 42.0 Å². The smallest absolute Gasteiger partial charge is 0.230 e. The van der Waals surface area contributed by atoms with Gasteiger partial charge in [0.25, 0.3) is 0 Å². The number of carbonyl (C=O) groups excluding carboxylic acids is 1. The Labute approximate surface area is 107 Å². The van der Waals surface area contributed by atoms with E-state index in [-0.39, 0.29) is 11.3 Å². The number of carbonyl (C=O) groups is 1. The average Bonchev–Trinajstić information content (AvgIpc) is 2.33. The Bertz CT molecular complexity index is 414. The molecule has 0 saturated heterocycles. The van der Waals surface area contributed by atoms with Crippen LogP contribution in [0.25, 0.3) is 0 Å². The Hall–Kier alpha value is -1.09. The lowest BCUT2D eigenvalue weighted by molar-refractivity contribution is -0.126. The Morgan fingerprint density at radius 2 is 2.12 bits per heavy atom. The summed E-state index contributed by atoms with van der Waals surface area (Å²) in [5.74, 6) is 0.0621. The standard InChI is InChI=1S/C13H17ClN2O/c1-13(7-3-2-4-8-13)12(17)16-10-6-5-9-15-11(10)14/h5-6,9H,2-4,7-8H2,1H3,(H,16,17). The molecule has 1 aromatic heterocycles. The SMILES string of the molecule is CC1(C(=O)Nc2cccnc2Cl)CCCCC1. The Balaban J connectivity index is 2.08. The minimum atomic E-state index is -0.253. The van der Waals surface area contributed by atoms with Gasteiger partial charge in [0.15, 0.2) is 5.15 Å². The summed E-state index contributed by atoms with van der Waals surface area (Å²) >= 11 is 5.93. The van der Waals surface area contributed by atoms with Crippen LogP contribution in [-0.4, -0.2) is 10.9 Å². The van der Waals surface area contributed by atoms with E-state index in [1.807, 2.05) is 6.92 Å². The lowest BCUT2D eigenvalue weighted by Gasteiger charge is -2.32. The van der Waals surface area contributed by atoms with E-state index < -0.39 is 0 Å². The summed E-state index contributed by atoms with van der Waals surface area (Å²) in [5, 5.41) is 3.23. The number of nitrogens with one attached hydrogen (secondary N) is 1. The second kappa shape index (κ2) is 5.05. The van der Waals surface area contributed by atoms with E-state index in [1.54, 1.807) is 18.3 Å². The van der Waals surface area contributed by atoms with E-state index in [0.717, 1.165) is 25.7 Å². The first kappa shape index (κ1) is 12.4. The second-order valence-corrected chi connectivity index (χ2v) is 5.28. The molecule has 3 nitrogen and oxygen atoms in total. The minimum absolute atomic E-state index is 0.0621. The molecule has 0 aromatic carbocycles. The fraction of sp³-hybridized carbons (Fsp3) is 0.538. The summed E-state index contributed by atoms with van der Waals surface area (Å²) in [6, 6.07) is 3.55. The van der Waals surface area contributed by atoms with Gasteiger partial charge < -0.3 is 5.32 Å². The number of rotatable bonds is 2. The molecule has 2 rings (SSSR count). The van der Waals surface area contributed by atoms with Crippen molar-refractivity contribution in [3.05, 3.63) is 23.5 Å². The van der Waals surface area contributed by atoms with Crippen LogP contribution in [-0.2, 0) is 4.79 Å². The predicted octanol–water partition coefficient (Wildman–Crippen LogP) is 3.64. The fourth-order valence-electron chi connectivity index (χ4n) is 2.31. The molecule has 0 spiro atoms. The Morgan fingerprint density at radius 1 is 1.41 bits per heavy atom. The van der Waals surface area contributed by atoms with Crippen molar-refractivity contribution in [2.24, 2.45) is 5.41 Å². The molecule has 0 atom stereocenters. The highest BCUT2D eigenvalue weighted by molar-refractivity contribution is 6.32. The number of anilines is 1. The Kier molecular flexibility index (Phi) is 3.67. The molecule has 0 radical (unpaired) electrons. The van der Waals surface area contributed by atoms with E-state index in [0.29, 0.717) is 10.8 Å². The molecule has 0 aliphatic heterocycles. The zero-order valence-electron chi connectivity index (χ0n) is 10.0. The minimum Gasteiger partial charge on any atom is -0.323 e. The van der Waals surface area contributed by atoms with Gasteiger partial charge in [-0.1, -0.05) is 37.8 Å². The number of halogens is 1. The van der Waals surface area contributed by atoms with E-state index in [4.69, 9.17) is 11.6 Å². The van der Waals surface area contributed by atoms with Crippen molar-refractivity contribution in [1.29, 1.82) is 0 Å². The number of aromatic nitrogens is 1. The van der Waals surface area contributed by atoms with Gasteiger partial charge in [-0.3, -0.25) is 4.79 Å². The number of hydrogen-bond acceptors (Lipinski definition) is 2. The second-order valence-electron chi connectivity index (χ2n) is 4.92. The van der Waals surface area contributed by atoms with Crippen LogP contribution in [0.2, 0.25) is 5.15 Å². The summed E-state index contributed by atoms with van der Waals surface area (Å²) in [6.07, 6.45) is 7.01. The van der Waals surface area contributed by atoms with Crippen molar-refractivity contribution in [2.45, 2.75) is 39.0 Å². The van der Waals surface area contributed by atoms with Crippen LogP contribution in [0.15, 0.2) is 18.3 Å². The third-order valence-electron chi connectivity index (χ3n) is 3.51. The van der Waals surface area contributed by atoms with Crippen LogP contribution in [0.3, 0.4) is 0 Å². The van der Waals surface area contributed by atoms with Crippen LogP contribution in [0.4, 0.5) is 5.69 Å². The zero-order chi connectivity index (χ0) is 12.3. The normalized spacial score (nSPS) is 18.7. The summed E-state index contributed by atoms with van der Waals surface area (Å²) in [6.45, 7) is 2.03. The van der Waals surface area contributed by atoms with E-state index in [2.05, 4.69) is 10.3 Å². The summed E-state index contributed by atoms with van der Waals surface area (Å²) in [7, 11) is 0. The van der Waals surface area contributed by atoms with Crippen molar-refractivity contribution >= 4 is 23.2 Å². The number of nitrogens with zero attached hydrogens (tertiary/aromatic N) is 1. The number of pyridine rings is 1. The van der Waals surface area contributed by atoms with Gasteiger partial charge in [-0.2, -0.15) is 0 Å². The zero-order valence-corrected chi connectivity index (χ0v) is 10.8. The van der Waals surface area contributed by atoms with Gasteiger partial charge in [-0.15, -0.1) is 0 Å². The third kappa shape index (κ3) is 2.78. The molecule has 1 aliphatic carbocycles. The molecule has 1 amide bonds. The van der Waals surface area contributed by atoms with Gasteiger partial charge in [0.05, 0.1) is 5.69 Å². The van der Waals surface area contributed by atoms with E-state index in [9.17, 15) is 4.79 Å². The first-order valence-electron chi connectivity index (χ1n) is 6.04. The highest BCUT2D eigenvalue weighted by Crippen LogP contribution is 2.37. The van der Waals surface area contributed by atoms with Gasteiger partial charge in [-0.25, -0.2) is 4.98 Å². The predicted molar refractivity (Wildman–Crippen MR) is 69.1 cm³/mol. The molecule has 1 aliphatic rings. The molecule has 0 unspecified atom stereocenters. The highest BCUT2D eigenvalue weighted by atomic mass is 35.5. The molecular weight excluding hydrogens is 236 g/mol. The lowest BCUT2D eigenvalue weighted by atomic mass is 9.75. The van der Waals surface area contributed by atoms with Gasteiger partial charge >= 0.3 is 0 Å². The third-order valence-corrected chi connectivity index (χ3v) is 3.81. The summed E-state index contributed by atoms with van der Waals surface area (Å²) in [4.78, 5) is 16.2. The molecule has 17 heavy (non-hydrogen) atoms. The van der Waals surface area contributed by atoms with Crippen molar-refractivity contribution in [3.63, 3.8) is 0 Å². The van der Waals surface area contributed by atoms with Gasteiger partial charge in [0.1, 0.15) is 0 Å². The molecule has 4 heteroatoms. The molecule has 1 aromatic rings. The van der Waals surface area contributed by atoms with Gasteiger partial charge in [0, 0.05) is 11.6 Å². The average molecular weight is 253 g/mol. The lowest BCUT2D eigenvalue weighted by Crippen LogP contribution is -2.35. The first-order chi connectivity index (χ1) is 8.12. The van der Waals surface area contributed by atoms with Crippen LogP contribution in [0.5, 0.6) is 0 Å². The maximum atomic E-state index is 12.2. The van der Waals surface area contributed by atoms with Crippen molar-refractivity contribution in [3.8, 4) is 0 Å². The van der Waals surface area contributed by atoms with Crippen LogP contribution in [0, 0.1) is 5.41 Å². The molecule has 1 fully saturated rings. The molecule has 1 heterocycles. The Morgan fingerprint density at radius 3 is 2.76 bits per heavy atom. The van der Waals surface area contributed by atoms with Crippen molar-refractivity contribution in [1.82, 2.24) is 4.98 Å². The molecule has 1 N–H and O–H groups in total. The van der Waals surface area contributed by atoms with Crippen LogP contribution < -0.4 is 5.32 Å². The van der Waals surface area contributed by atoms with Crippen molar-refractivity contribution < 1.29 is 4.79 Å². The van der Waals surface area contributed by atoms with Gasteiger partial charge in [-0.05, 0) is 25.0 Å². The molecule has 0 bridgehead atoms. The van der Waals surface area contributed by atoms with E-state index in [1.165, 1.54) is 6.42 Å². The van der Waals surface area contributed by atoms with Crippen LogP contribution >= 0.6 is 11.6 Å². The highest BCUT2D eigenvalue weighted by Gasteiger charge is 2.34. The summed E-state index contributed by atoms with van der Waals surface area (Å²) < 4.78 is 0.